The molecule has 1 heterocycles. The van der Waals surface area contributed by atoms with Crippen molar-refractivity contribution in [2.75, 3.05) is 30.0 Å². The van der Waals surface area contributed by atoms with Gasteiger partial charge in [-0.05, 0) is 76.1 Å². The zero-order valence-corrected chi connectivity index (χ0v) is 22.7. The number of amides is 1. The summed E-state index contributed by atoms with van der Waals surface area (Å²) in [5.74, 6) is 1.19. The topological polar surface area (TPSA) is 125 Å². The number of nitrogens with zero attached hydrogens (tertiary/aromatic N) is 1. The second-order valence-corrected chi connectivity index (χ2v) is 12.3. The number of aromatic nitrogens is 1. The molecule has 0 aliphatic heterocycles. The molecule has 1 aromatic heterocycles. The number of rotatable bonds is 11. The van der Waals surface area contributed by atoms with Gasteiger partial charge in [0.15, 0.2) is 0 Å². The Labute approximate surface area is 223 Å². The first-order chi connectivity index (χ1) is 18.3. The molecule has 2 aliphatic carbocycles. The molecular weight excluding hydrogens is 504 g/mol. The average molecular weight is 541 g/mol. The van der Waals surface area contributed by atoms with Crippen LogP contribution in [0.1, 0.15) is 52.0 Å². The summed E-state index contributed by atoms with van der Waals surface area (Å²) >= 11 is 0. The van der Waals surface area contributed by atoms with Crippen LogP contribution in [0.4, 0.5) is 16.2 Å². The zero-order valence-electron chi connectivity index (χ0n) is 21.9. The van der Waals surface area contributed by atoms with E-state index in [9.17, 15) is 13.2 Å². The van der Waals surface area contributed by atoms with E-state index in [1.54, 1.807) is 6.92 Å². The number of anilines is 2. The van der Waals surface area contributed by atoms with Crippen molar-refractivity contribution in [2.24, 2.45) is 5.92 Å². The maximum atomic E-state index is 12.3. The van der Waals surface area contributed by atoms with Crippen molar-refractivity contribution in [3.63, 3.8) is 0 Å². The van der Waals surface area contributed by atoms with Gasteiger partial charge in [0.1, 0.15) is 18.5 Å². The molecule has 10 heteroatoms. The Hall–Kier alpha value is -3.24. The minimum Gasteiger partial charge on any atom is -0.492 e. The average Bonchev–Trinajstić information content (AvgIpc) is 3.68. The molecule has 1 amide bonds. The Balaban J connectivity index is 1.36. The summed E-state index contributed by atoms with van der Waals surface area (Å²) in [6.07, 6.45) is 5.05. The first kappa shape index (κ1) is 26.4. The molecule has 0 saturated heterocycles. The van der Waals surface area contributed by atoms with Crippen molar-refractivity contribution in [3.8, 4) is 17.0 Å². The Morgan fingerprint density at radius 1 is 1.13 bits per heavy atom. The van der Waals surface area contributed by atoms with E-state index in [2.05, 4.69) is 14.6 Å². The van der Waals surface area contributed by atoms with Crippen molar-refractivity contribution in [1.82, 2.24) is 9.29 Å². The molecule has 2 aromatic carbocycles. The van der Waals surface area contributed by atoms with Crippen LogP contribution >= 0.6 is 0 Å². The van der Waals surface area contributed by atoms with Crippen LogP contribution in [0.5, 0.6) is 5.75 Å². The lowest BCUT2D eigenvalue weighted by Gasteiger charge is -2.30. The van der Waals surface area contributed by atoms with Crippen molar-refractivity contribution >= 4 is 38.4 Å². The predicted molar refractivity (Wildman–Crippen MR) is 150 cm³/mol. The Morgan fingerprint density at radius 2 is 1.87 bits per heavy atom. The molecule has 3 aromatic rings. The quantitative estimate of drug-likeness (QED) is 0.284. The Kier molecular flexibility index (Phi) is 7.54. The summed E-state index contributed by atoms with van der Waals surface area (Å²) in [5, 5.41) is 3.77. The van der Waals surface area contributed by atoms with Crippen molar-refractivity contribution in [2.45, 2.75) is 58.1 Å². The number of hydrogen-bond acceptors (Lipinski definition) is 6. The summed E-state index contributed by atoms with van der Waals surface area (Å²) in [6, 6.07) is 13.8. The number of hydrogen-bond donors (Lipinski definition) is 3. The van der Waals surface area contributed by atoms with Gasteiger partial charge in [-0.2, -0.15) is 0 Å². The van der Waals surface area contributed by atoms with E-state index in [0.717, 1.165) is 47.8 Å². The second-order valence-electron chi connectivity index (χ2n) is 10.2. The number of sulfonamides is 1. The third kappa shape index (κ3) is 5.76. The molecule has 9 nitrogen and oxygen atoms in total. The molecule has 0 spiro atoms. The Morgan fingerprint density at radius 3 is 2.50 bits per heavy atom. The van der Waals surface area contributed by atoms with Crippen LogP contribution in [-0.2, 0) is 14.8 Å². The van der Waals surface area contributed by atoms with Crippen molar-refractivity contribution < 1.29 is 22.7 Å². The molecule has 38 heavy (non-hydrogen) atoms. The highest BCUT2D eigenvalue weighted by atomic mass is 32.2. The first-order valence-electron chi connectivity index (χ1n) is 13.4. The van der Waals surface area contributed by atoms with E-state index in [-0.39, 0.29) is 25.0 Å². The number of nitrogens with one attached hydrogen (secondary N) is 2. The molecule has 2 aliphatic rings. The van der Waals surface area contributed by atoms with E-state index in [0.29, 0.717) is 29.1 Å². The molecule has 2 saturated carbocycles. The highest BCUT2D eigenvalue weighted by molar-refractivity contribution is 7.89. The van der Waals surface area contributed by atoms with Crippen LogP contribution in [0.2, 0.25) is 0 Å². The number of nitrogen functional groups attached to an aromatic ring is 1. The van der Waals surface area contributed by atoms with Gasteiger partial charge in [0.2, 0.25) is 10.0 Å². The summed E-state index contributed by atoms with van der Waals surface area (Å²) in [4.78, 5) is 12.3. The molecule has 5 rings (SSSR count). The van der Waals surface area contributed by atoms with E-state index in [1.807, 2.05) is 49.4 Å². The van der Waals surface area contributed by atoms with Crippen LogP contribution in [0.15, 0.2) is 42.5 Å². The Bertz CT molecular complexity index is 1410. The summed E-state index contributed by atoms with van der Waals surface area (Å²) in [6.45, 7) is 3.97. The van der Waals surface area contributed by atoms with Crippen LogP contribution in [-0.4, -0.2) is 44.1 Å². The van der Waals surface area contributed by atoms with Crippen LogP contribution < -0.4 is 20.5 Å². The highest BCUT2D eigenvalue weighted by Crippen LogP contribution is 2.45. The lowest BCUT2D eigenvalue weighted by molar-refractivity contribution is 0.108. The predicted octanol–water partition coefficient (Wildman–Crippen LogP) is 5.28. The van der Waals surface area contributed by atoms with Gasteiger partial charge in [-0.25, -0.2) is 17.9 Å². The van der Waals surface area contributed by atoms with Gasteiger partial charge in [0.05, 0.1) is 22.7 Å². The van der Waals surface area contributed by atoms with Gasteiger partial charge >= 0.3 is 6.09 Å². The fraction of sp³-hybridized carbons (Fsp3) is 0.464. The third-order valence-electron chi connectivity index (χ3n) is 7.51. The number of fused-ring (bicyclic) bond motifs is 1. The minimum atomic E-state index is -3.25. The SMILES string of the molecule is CCS(=O)(=O)NCCOc1ccc2c(N)c(-c3ccc(NC(=O)OC(C)C4CC4)cc3)n(C3CCC3)c2c1. The number of benzene rings is 2. The molecule has 1 unspecified atom stereocenters. The minimum absolute atomic E-state index is 0.0384. The summed E-state index contributed by atoms with van der Waals surface area (Å²) in [5.41, 5.74) is 11.0. The lowest BCUT2D eigenvalue weighted by Crippen LogP contribution is -2.29. The molecular formula is C28H36N4O5S. The van der Waals surface area contributed by atoms with Gasteiger partial charge in [0, 0.05) is 35.3 Å². The number of carbonyl (C=O) groups excluding carboxylic acids is 1. The lowest BCUT2D eigenvalue weighted by atomic mass is 9.92. The van der Waals surface area contributed by atoms with Crippen LogP contribution in [0.3, 0.4) is 0 Å². The van der Waals surface area contributed by atoms with Gasteiger partial charge in [-0.15, -0.1) is 0 Å². The van der Waals surface area contributed by atoms with Crippen molar-refractivity contribution in [1.29, 1.82) is 0 Å². The fourth-order valence-electron chi connectivity index (χ4n) is 4.88. The monoisotopic (exact) mass is 540 g/mol. The number of carbonyl (C=O) groups is 1. The molecule has 0 radical (unpaired) electrons. The maximum absolute atomic E-state index is 12.3. The number of nitrogens with two attached hydrogens (primary N) is 1. The van der Waals surface area contributed by atoms with Gasteiger partial charge in [0.25, 0.3) is 0 Å². The van der Waals surface area contributed by atoms with Gasteiger partial charge in [-0.1, -0.05) is 12.1 Å². The maximum Gasteiger partial charge on any atom is 0.411 e. The first-order valence-corrected chi connectivity index (χ1v) is 15.0. The molecule has 4 N–H and O–H groups in total. The highest BCUT2D eigenvalue weighted by Gasteiger charge is 2.31. The summed E-state index contributed by atoms with van der Waals surface area (Å²) in [7, 11) is -3.25. The van der Waals surface area contributed by atoms with E-state index >= 15 is 0 Å². The largest absolute Gasteiger partial charge is 0.492 e. The van der Waals surface area contributed by atoms with Gasteiger partial charge < -0.3 is 19.8 Å². The second kappa shape index (κ2) is 10.9. The molecule has 2 fully saturated rings. The fourth-order valence-corrected chi connectivity index (χ4v) is 5.48. The number of ether oxygens (including phenoxy) is 2. The molecule has 204 valence electrons. The van der Waals surface area contributed by atoms with E-state index in [1.165, 1.54) is 6.42 Å². The van der Waals surface area contributed by atoms with Gasteiger partial charge in [-0.3, -0.25) is 5.32 Å². The molecule has 1 atom stereocenters. The normalized spacial score (nSPS) is 16.7. The van der Waals surface area contributed by atoms with E-state index in [4.69, 9.17) is 15.2 Å². The molecule has 0 bridgehead atoms. The van der Waals surface area contributed by atoms with Crippen molar-refractivity contribution in [3.05, 3.63) is 42.5 Å². The summed E-state index contributed by atoms with van der Waals surface area (Å²) < 4.78 is 39.5. The van der Waals surface area contributed by atoms with Crippen LogP contribution in [0, 0.1) is 5.92 Å². The third-order valence-corrected chi connectivity index (χ3v) is 8.92. The van der Waals surface area contributed by atoms with E-state index < -0.39 is 16.1 Å². The zero-order chi connectivity index (χ0) is 26.9. The van der Waals surface area contributed by atoms with Crippen LogP contribution in [0.25, 0.3) is 22.2 Å². The smallest absolute Gasteiger partial charge is 0.411 e. The standard InChI is InChI=1S/C28H36N4O5S/c1-3-38(34,35)30-15-16-36-23-13-14-24-25(17-23)32(22-5-4-6-22)27(26(24)29)20-9-11-21(12-10-20)31-28(33)37-18(2)19-7-8-19/h9-14,17-19,22,30H,3-8,15-16,29H2,1-2H3,(H,31,33).